The van der Waals surface area contributed by atoms with Gasteiger partial charge in [-0.15, -0.1) is 6.42 Å². The lowest BCUT2D eigenvalue weighted by Crippen LogP contribution is -2.39. The monoisotopic (exact) mass is 208 g/mol. The van der Waals surface area contributed by atoms with Crippen LogP contribution in [-0.2, 0) is 0 Å². The average Bonchev–Trinajstić information content (AvgIpc) is 2.66. The third kappa shape index (κ3) is 3.85. The summed E-state index contributed by atoms with van der Waals surface area (Å²) in [7, 11) is 0. The molecule has 0 bridgehead atoms. The number of nitrogens with one attached hydrogen (secondary N) is 1. The summed E-state index contributed by atoms with van der Waals surface area (Å²) >= 11 is 0. The van der Waals surface area contributed by atoms with Crippen molar-refractivity contribution in [2.24, 2.45) is 11.8 Å². The van der Waals surface area contributed by atoms with Crippen molar-refractivity contribution in [1.82, 2.24) is 10.2 Å². The van der Waals surface area contributed by atoms with Crippen LogP contribution in [0.5, 0.6) is 0 Å². The number of nitrogens with zero attached hydrogens (tertiary/aromatic N) is 1. The molecule has 86 valence electrons. The summed E-state index contributed by atoms with van der Waals surface area (Å²) in [5, 5.41) is 3.28. The first-order chi connectivity index (χ1) is 7.15. The lowest BCUT2D eigenvalue weighted by Gasteiger charge is -2.25. The molecule has 1 aliphatic heterocycles. The topological polar surface area (TPSA) is 15.3 Å². The zero-order valence-corrected chi connectivity index (χ0v) is 10.3. The van der Waals surface area contributed by atoms with Crippen molar-refractivity contribution in [1.29, 1.82) is 0 Å². The minimum atomic E-state index is 0.613. The van der Waals surface area contributed by atoms with E-state index >= 15 is 0 Å². The Labute approximate surface area is 94.4 Å². The molecule has 0 spiro atoms. The van der Waals surface area contributed by atoms with Crippen LogP contribution < -0.4 is 5.32 Å². The van der Waals surface area contributed by atoms with Gasteiger partial charge in [0.1, 0.15) is 0 Å². The Bertz CT molecular complexity index is 217. The Balaban J connectivity index is 2.24. The van der Waals surface area contributed by atoms with Crippen molar-refractivity contribution in [2.45, 2.75) is 33.2 Å². The van der Waals surface area contributed by atoms with Crippen LogP contribution in [0, 0.1) is 24.2 Å². The molecule has 0 aromatic rings. The molecule has 0 aromatic carbocycles. The molecule has 2 heteroatoms. The van der Waals surface area contributed by atoms with E-state index in [0.717, 1.165) is 18.4 Å². The molecule has 2 nitrogen and oxygen atoms in total. The smallest absolute Gasteiger partial charge is 0.0574 e. The molecule has 1 fully saturated rings. The zero-order valence-electron chi connectivity index (χ0n) is 10.3. The summed E-state index contributed by atoms with van der Waals surface area (Å²) in [6.45, 7) is 11.1. The summed E-state index contributed by atoms with van der Waals surface area (Å²) in [5.74, 6) is 4.32. The molecule has 1 saturated heterocycles. The molecule has 1 N–H and O–H groups in total. The van der Waals surface area contributed by atoms with Gasteiger partial charge in [0.25, 0.3) is 0 Å². The second-order valence-corrected chi connectivity index (χ2v) is 4.97. The maximum Gasteiger partial charge on any atom is 0.0574 e. The molecule has 0 aliphatic carbocycles. The second kappa shape index (κ2) is 6.15. The maximum atomic E-state index is 5.20. The van der Waals surface area contributed by atoms with Crippen molar-refractivity contribution >= 4 is 0 Å². The van der Waals surface area contributed by atoms with Gasteiger partial charge in [0.05, 0.1) is 6.54 Å². The molecule has 0 radical (unpaired) electrons. The molecular weight excluding hydrogens is 184 g/mol. The third-order valence-electron chi connectivity index (χ3n) is 3.49. The Morgan fingerprint density at radius 2 is 2.20 bits per heavy atom. The van der Waals surface area contributed by atoms with E-state index in [2.05, 4.69) is 36.9 Å². The fraction of sp³-hybridized carbons (Fsp3) is 0.846. The van der Waals surface area contributed by atoms with Gasteiger partial charge in [-0.05, 0) is 31.7 Å². The Kier molecular flexibility index (Phi) is 5.14. The molecule has 15 heavy (non-hydrogen) atoms. The third-order valence-corrected chi connectivity index (χ3v) is 3.49. The van der Waals surface area contributed by atoms with Crippen LogP contribution >= 0.6 is 0 Å². The van der Waals surface area contributed by atoms with E-state index in [0.29, 0.717) is 12.6 Å². The van der Waals surface area contributed by atoms with E-state index in [-0.39, 0.29) is 0 Å². The van der Waals surface area contributed by atoms with E-state index in [1.165, 1.54) is 19.5 Å². The zero-order chi connectivity index (χ0) is 11.3. The first-order valence-electron chi connectivity index (χ1n) is 6.03. The highest BCUT2D eigenvalue weighted by atomic mass is 15.2. The summed E-state index contributed by atoms with van der Waals surface area (Å²) in [6.07, 6.45) is 6.56. The molecular formula is C13H24N2. The lowest BCUT2D eigenvalue weighted by atomic mass is 9.95. The number of hydrogen-bond donors (Lipinski definition) is 1. The summed E-state index contributed by atoms with van der Waals surface area (Å²) in [6, 6.07) is 0.613. The minimum Gasteiger partial charge on any atom is -0.305 e. The minimum absolute atomic E-state index is 0.613. The molecule has 0 saturated carbocycles. The van der Waals surface area contributed by atoms with Gasteiger partial charge in [0.15, 0.2) is 0 Å². The SMILES string of the molecule is C#CCNCC(C)N1CCC(C(C)C)C1. The van der Waals surface area contributed by atoms with Crippen LogP contribution in [0.2, 0.25) is 0 Å². The van der Waals surface area contributed by atoms with Crippen LogP contribution in [0.4, 0.5) is 0 Å². The fourth-order valence-electron chi connectivity index (χ4n) is 2.24. The number of likely N-dealkylation sites (tertiary alicyclic amines) is 1. The number of rotatable bonds is 5. The van der Waals surface area contributed by atoms with Gasteiger partial charge in [-0.2, -0.15) is 0 Å². The highest BCUT2D eigenvalue weighted by Gasteiger charge is 2.27. The van der Waals surface area contributed by atoms with Crippen LogP contribution in [0.25, 0.3) is 0 Å². The lowest BCUT2D eigenvalue weighted by molar-refractivity contribution is 0.235. The van der Waals surface area contributed by atoms with Gasteiger partial charge in [-0.25, -0.2) is 0 Å². The van der Waals surface area contributed by atoms with Crippen molar-refractivity contribution in [3.8, 4) is 12.3 Å². The normalized spacial score (nSPS) is 24.3. The van der Waals surface area contributed by atoms with E-state index < -0.39 is 0 Å². The highest BCUT2D eigenvalue weighted by Crippen LogP contribution is 2.24. The largest absolute Gasteiger partial charge is 0.305 e. The summed E-state index contributed by atoms with van der Waals surface area (Å²) in [4.78, 5) is 2.58. The first kappa shape index (κ1) is 12.5. The van der Waals surface area contributed by atoms with Gasteiger partial charge < -0.3 is 5.32 Å². The molecule has 1 rings (SSSR count). The van der Waals surface area contributed by atoms with Gasteiger partial charge >= 0.3 is 0 Å². The van der Waals surface area contributed by atoms with E-state index in [9.17, 15) is 0 Å². The fourth-order valence-corrected chi connectivity index (χ4v) is 2.24. The standard InChI is InChI=1S/C13H24N2/c1-5-7-14-9-12(4)15-8-6-13(10-15)11(2)3/h1,11-14H,6-10H2,2-4H3. The van der Waals surface area contributed by atoms with Crippen LogP contribution in [0.1, 0.15) is 27.2 Å². The number of hydrogen-bond acceptors (Lipinski definition) is 2. The molecule has 1 heterocycles. The predicted molar refractivity (Wildman–Crippen MR) is 65.7 cm³/mol. The van der Waals surface area contributed by atoms with Crippen molar-refractivity contribution in [2.75, 3.05) is 26.2 Å². The van der Waals surface area contributed by atoms with Crippen LogP contribution in [0.3, 0.4) is 0 Å². The van der Waals surface area contributed by atoms with Gasteiger partial charge in [-0.1, -0.05) is 19.8 Å². The van der Waals surface area contributed by atoms with Crippen LogP contribution in [-0.4, -0.2) is 37.1 Å². The van der Waals surface area contributed by atoms with Gasteiger partial charge in [0, 0.05) is 19.1 Å². The molecule has 0 aromatic heterocycles. The van der Waals surface area contributed by atoms with E-state index in [1.807, 2.05) is 0 Å². The predicted octanol–water partition coefficient (Wildman–Crippen LogP) is 1.58. The molecule has 1 aliphatic rings. The highest BCUT2D eigenvalue weighted by molar-refractivity contribution is 4.88. The van der Waals surface area contributed by atoms with Crippen molar-refractivity contribution in [3.05, 3.63) is 0 Å². The van der Waals surface area contributed by atoms with Gasteiger partial charge in [0.2, 0.25) is 0 Å². The van der Waals surface area contributed by atoms with Crippen LogP contribution in [0.15, 0.2) is 0 Å². The Hall–Kier alpha value is -0.520. The Morgan fingerprint density at radius 1 is 1.47 bits per heavy atom. The van der Waals surface area contributed by atoms with Crippen molar-refractivity contribution < 1.29 is 0 Å². The quantitative estimate of drug-likeness (QED) is 0.545. The molecule has 2 unspecified atom stereocenters. The van der Waals surface area contributed by atoms with E-state index in [1.54, 1.807) is 0 Å². The van der Waals surface area contributed by atoms with E-state index in [4.69, 9.17) is 6.42 Å². The van der Waals surface area contributed by atoms with Gasteiger partial charge in [-0.3, -0.25) is 4.90 Å². The summed E-state index contributed by atoms with van der Waals surface area (Å²) < 4.78 is 0. The first-order valence-corrected chi connectivity index (χ1v) is 6.03. The Morgan fingerprint density at radius 3 is 2.73 bits per heavy atom. The molecule has 0 amide bonds. The maximum absolute atomic E-state index is 5.20. The number of terminal acetylenes is 1. The van der Waals surface area contributed by atoms with Crippen molar-refractivity contribution in [3.63, 3.8) is 0 Å². The summed E-state index contributed by atoms with van der Waals surface area (Å²) in [5.41, 5.74) is 0. The average molecular weight is 208 g/mol. The second-order valence-electron chi connectivity index (χ2n) is 4.97. The molecule has 2 atom stereocenters.